The molecule has 2 amide bonds. The van der Waals surface area contributed by atoms with Crippen LogP contribution in [0.15, 0.2) is 0 Å². The molecule has 0 spiro atoms. The highest BCUT2D eigenvalue weighted by Gasteiger charge is 2.31. The minimum atomic E-state index is -0.0270. The number of carbonyl (C=O) groups excluding carboxylic acids is 1. The van der Waals surface area contributed by atoms with Gasteiger partial charge in [0.25, 0.3) is 0 Å². The first-order valence-corrected chi connectivity index (χ1v) is 7.57. The Hall–Kier alpha value is -0.770. The third kappa shape index (κ3) is 5.81. The molecule has 0 aromatic rings. The number of nitrogens with one attached hydrogen (secondary N) is 2. The summed E-state index contributed by atoms with van der Waals surface area (Å²) in [4.78, 5) is 11.9. The minimum absolute atomic E-state index is 0.0270. The zero-order valence-electron chi connectivity index (χ0n) is 12.9. The number of ether oxygens (including phenoxy) is 1. The van der Waals surface area contributed by atoms with Crippen molar-refractivity contribution < 1.29 is 9.53 Å². The Bertz CT molecular complexity index is 269. The molecule has 0 aromatic carbocycles. The van der Waals surface area contributed by atoms with E-state index in [0.717, 1.165) is 12.8 Å². The fourth-order valence-corrected chi connectivity index (χ4v) is 3.01. The molecule has 0 bridgehead atoms. The molecule has 112 valence electrons. The first-order chi connectivity index (χ1) is 9.04. The van der Waals surface area contributed by atoms with Crippen molar-refractivity contribution in [3.8, 4) is 0 Å². The van der Waals surface area contributed by atoms with Gasteiger partial charge in [-0.2, -0.15) is 0 Å². The second kappa shape index (κ2) is 8.41. The Morgan fingerprint density at radius 1 is 1.37 bits per heavy atom. The second-order valence-corrected chi connectivity index (χ2v) is 6.18. The van der Waals surface area contributed by atoms with Crippen molar-refractivity contribution in [3.63, 3.8) is 0 Å². The summed E-state index contributed by atoms with van der Waals surface area (Å²) in [7, 11) is 1.68. The average Bonchev–Trinajstić information content (AvgIpc) is 2.34. The van der Waals surface area contributed by atoms with E-state index in [4.69, 9.17) is 4.74 Å². The van der Waals surface area contributed by atoms with Crippen LogP contribution in [0.3, 0.4) is 0 Å². The van der Waals surface area contributed by atoms with E-state index in [1.165, 1.54) is 12.8 Å². The van der Waals surface area contributed by atoms with E-state index in [9.17, 15) is 4.79 Å². The minimum Gasteiger partial charge on any atom is -0.385 e. The molecule has 4 nitrogen and oxygen atoms in total. The quantitative estimate of drug-likeness (QED) is 0.729. The number of hydrogen-bond acceptors (Lipinski definition) is 2. The largest absolute Gasteiger partial charge is 0.385 e. The molecule has 1 fully saturated rings. The van der Waals surface area contributed by atoms with E-state index in [0.29, 0.717) is 36.9 Å². The van der Waals surface area contributed by atoms with Gasteiger partial charge in [0.1, 0.15) is 0 Å². The molecule has 4 heteroatoms. The predicted octanol–water partition coefficient (Wildman–Crippen LogP) is 2.78. The number of urea groups is 1. The molecule has 2 N–H and O–H groups in total. The lowest BCUT2D eigenvalue weighted by Gasteiger charge is -2.37. The van der Waals surface area contributed by atoms with Gasteiger partial charge in [0.05, 0.1) is 0 Å². The Morgan fingerprint density at radius 2 is 2.11 bits per heavy atom. The van der Waals surface area contributed by atoms with Crippen molar-refractivity contribution in [2.45, 2.75) is 52.5 Å². The smallest absolute Gasteiger partial charge is 0.315 e. The highest BCUT2D eigenvalue weighted by molar-refractivity contribution is 5.74. The van der Waals surface area contributed by atoms with Crippen molar-refractivity contribution in [1.29, 1.82) is 0 Å². The summed E-state index contributed by atoms with van der Waals surface area (Å²) in [6, 6.07) is 0.298. The van der Waals surface area contributed by atoms with Crippen molar-refractivity contribution in [1.82, 2.24) is 10.6 Å². The molecule has 19 heavy (non-hydrogen) atoms. The molecule has 0 heterocycles. The molecule has 0 aliphatic heterocycles. The Morgan fingerprint density at radius 3 is 2.74 bits per heavy atom. The maximum Gasteiger partial charge on any atom is 0.315 e. The molecule has 1 aliphatic rings. The SMILES string of the molecule is COCCCNC(=O)N[C@H]1C[C@H](C)CC[C@H]1C(C)C. The highest BCUT2D eigenvalue weighted by atomic mass is 16.5. The molecule has 0 radical (unpaired) electrons. The van der Waals surface area contributed by atoms with Crippen LogP contribution in [0.1, 0.15) is 46.5 Å². The van der Waals surface area contributed by atoms with Crippen LogP contribution in [0.5, 0.6) is 0 Å². The molecule has 1 saturated carbocycles. The molecular formula is C15H30N2O2. The van der Waals surface area contributed by atoms with Crippen LogP contribution in [0.4, 0.5) is 4.79 Å². The fraction of sp³-hybridized carbons (Fsp3) is 0.933. The molecule has 1 aliphatic carbocycles. The third-order valence-electron chi connectivity index (χ3n) is 4.15. The van der Waals surface area contributed by atoms with Gasteiger partial charge in [0.15, 0.2) is 0 Å². The first-order valence-electron chi connectivity index (χ1n) is 7.57. The zero-order chi connectivity index (χ0) is 14.3. The average molecular weight is 270 g/mol. The zero-order valence-corrected chi connectivity index (χ0v) is 12.9. The monoisotopic (exact) mass is 270 g/mol. The number of methoxy groups -OCH3 is 1. The van der Waals surface area contributed by atoms with Gasteiger partial charge in [0.2, 0.25) is 0 Å². The summed E-state index contributed by atoms with van der Waals surface area (Å²) < 4.78 is 4.96. The number of amides is 2. The predicted molar refractivity (Wildman–Crippen MR) is 78.2 cm³/mol. The molecule has 0 unspecified atom stereocenters. The van der Waals surface area contributed by atoms with Gasteiger partial charge in [-0.15, -0.1) is 0 Å². The van der Waals surface area contributed by atoms with Gasteiger partial charge in [-0.05, 0) is 37.0 Å². The van der Waals surface area contributed by atoms with Crippen LogP contribution in [-0.2, 0) is 4.74 Å². The normalized spacial score (nSPS) is 27.3. The number of hydrogen-bond donors (Lipinski definition) is 2. The Balaban J connectivity index is 2.36. The van der Waals surface area contributed by atoms with E-state index in [1.807, 2.05) is 0 Å². The van der Waals surface area contributed by atoms with Crippen LogP contribution < -0.4 is 10.6 Å². The van der Waals surface area contributed by atoms with Crippen LogP contribution >= 0.6 is 0 Å². The standard InChI is InChI=1S/C15H30N2O2/c1-11(2)13-7-6-12(3)10-14(13)17-15(18)16-8-5-9-19-4/h11-14H,5-10H2,1-4H3,(H2,16,17,18)/t12-,13+,14+/m1/s1. The Kier molecular flexibility index (Phi) is 7.21. The fourth-order valence-electron chi connectivity index (χ4n) is 3.01. The van der Waals surface area contributed by atoms with E-state index in [-0.39, 0.29) is 6.03 Å². The maximum atomic E-state index is 11.9. The van der Waals surface area contributed by atoms with Crippen molar-refractivity contribution in [2.24, 2.45) is 17.8 Å². The second-order valence-electron chi connectivity index (χ2n) is 6.18. The summed E-state index contributed by atoms with van der Waals surface area (Å²) in [6.45, 7) is 8.16. The summed E-state index contributed by atoms with van der Waals surface area (Å²) in [5.41, 5.74) is 0. The molecule has 0 saturated heterocycles. The van der Waals surface area contributed by atoms with Gasteiger partial charge in [-0.3, -0.25) is 0 Å². The van der Waals surface area contributed by atoms with Crippen molar-refractivity contribution >= 4 is 6.03 Å². The van der Waals surface area contributed by atoms with E-state index < -0.39 is 0 Å². The maximum absolute atomic E-state index is 11.9. The van der Waals surface area contributed by atoms with Crippen LogP contribution in [-0.4, -0.2) is 32.3 Å². The number of rotatable bonds is 6. The number of carbonyl (C=O) groups is 1. The summed E-state index contributed by atoms with van der Waals surface area (Å²) in [5, 5.41) is 6.08. The third-order valence-corrected chi connectivity index (χ3v) is 4.15. The lowest BCUT2D eigenvalue weighted by molar-refractivity contribution is 0.167. The first kappa shape index (κ1) is 16.3. The highest BCUT2D eigenvalue weighted by Crippen LogP contribution is 2.33. The summed E-state index contributed by atoms with van der Waals surface area (Å²) >= 11 is 0. The van der Waals surface area contributed by atoms with E-state index in [2.05, 4.69) is 31.4 Å². The molecule has 3 atom stereocenters. The van der Waals surface area contributed by atoms with Crippen LogP contribution in [0, 0.1) is 17.8 Å². The van der Waals surface area contributed by atoms with Crippen molar-refractivity contribution in [2.75, 3.05) is 20.3 Å². The topological polar surface area (TPSA) is 50.4 Å². The van der Waals surface area contributed by atoms with Gasteiger partial charge in [0, 0.05) is 26.3 Å². The molecule has 0 aromatic heterocycles. The summed E-state index contributed by atoms with van der Waals surface area (Å²) in [5.74, 6) is 1.96. The summed E-state index contributed by atoms with van der Waals surface area (Å²) in [6.07, 6.45) is 4.48. The van der Waals surface area contributed by atoms with Gasteiger partial charge >= 0.3 is 6.03 Å². The van der Waals surface area contributed by atoms with E-state index >= 15 is 0 Å². The molecule has 1 rings (SSSR count). The molecular weight excluding hydrogens is 240 g/mol. The van der Waals surface area contributed by atoms with Crippen LogP contribution in [0.25, 0.3) is 0 Å². The lowest BCUT2D eigenvalue weighted by atomic mass is 9.74. The van der Waals surface area contributed by atoms with E-state index in [1.54, 1.807) is 7.11 Å². The lowest BCUT2D eigenvalue weighted by Crippen LogP contribution is -2.49. The van der Waals surface area contributed by atoms with Gasteiger partial charge < -0.3 is 15.4 Å². The Labute approximate surface area is 117 Å². The van der Waals surface area contributed by atoms with Gasteiger partial charge in [-0.1, -0.05) is 27.2 Å². The van der Waals surface area contributed by atoms with Crippen molar-refractivity contribution in [3.05, 3.63) is 0 Å². The van der Waals surface area contributed by atoms with Crippen LogP contribution in [0.2, 0.25) is 0 Å². The van der Waals surface area contributed by atoms with Gasteiger partial charge in [-0.25, -0.2) is 4.79 Å².